The molecule has 44 heavy (non-hydrogen) atoms. The number of aryl methyl sites for hydroxylation is 3. The van der Waals surface area contributed by atoms with Crippen molar-refractivity contribution in [2.24, 2.45) is 0 Å². The Morgan fingerprint density at radius 1 is 0.864 bits per heavy atom. The van der Waals surface area contributed by atoms with Gasteiger partial charge in [0.2, 0.25) is 0 Å². The molecule has 0 radical (unpaired) electrons. The van der Waals surface area contributed by atoms with Gasteiger partial charge in [-0.1, -0.05) is 48.0 Å². The molecule has 10 heteroatoms. The molecule has 3 N–H and O–H groups in total. The van der Waals surface area contributed by atoms with Crippen LogP contribution in [0.2, 0.25) is 5.02 Å². The van der Waals surface area contributed by atoms with Gasteiger partial charge in [-0.15, -0.1) is 0 Å². The quantitative estimate of drug-likeness (QED) is 0.131. The highest BCUT2D eigenvalue weighted by atomic mass is 35.5. The lowest BCUT2D eigenvalue weighted by Gasteiger charge is -2.11. The van der Waals surface area contributed by atoms with Gasteiger partial charge in [-0.05, 0) is 98.0 Å². The van der Waals surface area contributed by atoms with E-state index in [4.69, 9.17) is 21.1 Å². The van der Waals surface area contributed by atoms with Crippen molar-refractivity contribution in [3.05, 3.63) is 118 Å². The lowest BCUT2D eigenvalue weighted by molar-refractivity contribution is -0.118. The molecule has 226 valence electrons. The van der Waals surface area contributed by atoms with Gasteiger partial charge in [0.25, 0.3) is 11.8 Å². The largest absolute Gasteiger partial charge is 0.494 e. The minimum absolute atomic E-state index is 0.340. The second kappa shape index (κ2) is 14.2. The van der Waals surface area contributed by atoms with E-state index in [9.17, 15) is 13.8 Å². The molecule has 1 unspecified atom stereocenters. The Bertz CT molecular complexity index is 1780. The number of ether oxygens (including phenoxy) is 2. The highest BCUT2D eigenvalue weighted by molar-refractivity contribution is 7.83. The maximum Gasteiger partial charge on any atom is 0.268 e. The van der Waals surface area contributed by atoms with Gasteiger partial charge in [-0.2, -0.15) is 0 Å². The summed E-state index contributed by atoms with van der Waals surface area (Å²) in [5.74, 6) is 0.998. The molecule has 5 rings (SSSR count). The molecule has 0 saturated heterocycles. The van der Waals surface area contributed by atoms with Crippen LogP contribution in [0.1, 0.15) is 33.6 Å². The molecule has 0 aliphatic rings. The van der Waals surface area contributed by atoms with Gasteiger partial charge in [0.1, 0.15) is 22.9 Å². The van der Waals surface area contributed by atoms with Gasteiger partial charge < -0.3 is 19.8 Å². The van der Waals surface area contributed by atoms with E-state index in [1.54, 1.807) is 24.3 Å². The van der Waals surface area contributed by atoms with Crippen LogP contribution < -0.4 is 19.5 Å². The molecule has 1 atom stereocenters. The van der Waals surface area contributed by atoms with Crippen LogP contribution in [0.4, 0.5) is 0 Å². The van der Waals surface area contributed by atoms with Crippen LogP contribution >= 0.6 is 11.6 Å². The molecule has 4 aromatic carbocycles. The lowest BCUT2D eigenvalue weighted by atomic mass is 10.1. The Labute approximate surface area is 263 Å². The van der Waals surface area contributed by atoms with E-state index in [1.807, 2.05) is 80.6 Å². The van der Waals surface area contributed by atoms with Gasteiger partial charge >= 0.3 is 0 Å². The third-order valence-electron chi connectivity index (χ3n) is 6.92. The molecule has 0 aliphatic heterocycles. The van der Waals surface area contributed by atoms with Gasteiger partial charge in [-0.3, -0.25) is 14.3 Å². The summed E-state index contributed by atoms with van der Waals surface area (Å²) in [5, 5.41) is 4.31. The number of nitrogens with one attached hydrogen (secondary N) is 3. The van der Waals surface area contributed by atoms with Crippen molar-refractivity contribution >= 4 is 45.3 Å². The molecular weight excluding hydrogens is 598 g/mol. The fourth-order valence-electron chi connectivity index (χ4n) is 4.79. The van der Waals surface area contributed by atoms with Crippen LogP contribution in [0.25, 0.3) is 10.9 Å². The minimum atomic E-state index is -1.81. The minimum Gasteiger partial charge on any atom is -0.494 e. The van der Waals surface area contributed by atoms with Crippen LogP contribution in [0.5, 0.6) is 17.2 Å². The topological polar surface area (TPSA) is 110 Å². The van der Waals surface area contributed by atoms with E-state index in [0.717, 1.165) is 38.4 Å². The first kappa shape index (κ1) is 30.8. The summed E-state index contributed by atoms with van der Waals surface area (Å²) in [7, 11) is -1.81. The third-order valence-corrected chi connectivity index (χ3v) is 8.63. The SMILES string of the molecule is Cc1cc(OCCCc2c(C(=O)NCC(=O)NS(=O)c3ccc(Oc4ccccc4)cc3)[nH]c3ccccc23)cc(C)c1Cl. The van der Waals surface area contributed by atoms with Gasteiger partial charge in [0, 0.05) is 15.9 Å². The summed E-state index contributed by atoms with van der Waals surface area (Å²) in [6.45, 7) is 4.00. The zero-order valence-electron chi connectivity index (χ0n) is 24.3. The van der Waals surface area contributed by atoms with Gasteiger partial charge in [0.15, 0.2) is 11.0 Å². The van der Waals surface area contributed by atoms with Crippen LogP contribution in [0.15, 0.2) is 95.9 Å². The summed E-state index contributed by atoms with van der Waals surface area (Å²) < 4.78 is 26.8. The predicted octanol–water partition coefficient (Wildman–Crippen LogP) is 6.81. The lowest BCUT2D eigenvalue weighted by Crippen LogP contribution is -2.38. The summed E-state index contributed by atoms with van der Waals surface area (Å²) in [4.78, 5) is 29.3. The van der Waals surface area contributed by atoms with Crippen molar-refractivity contribution in [2.45, 2.75) is 31.6 Å². The number of fused-ring (bicyclic) bond motifs is 1. The second-order valence-electron chi connectivity index (χ2n) is 10.2. The molecule has 0 aliphatic carbocycles. The van der Waals surface area contributed by atoms with Crippen molar-refractivity contribution in [1.82, 2.24) is 15.0 Å². The molecule has 8 nitrogen and oxygen atoms in total. The van der Waals surface area contributed by atoms with E-state index in [2.05, 4.69) is 15.0 Å². The van der Waals surface area contributed by atoms with E-state index < -0.39 is 22.8 Å². The van der Waals surface area contributed by atoms with Crippen LogP contribution in [0, 0.1) is 13.8 Å². The fourth-order valence-corrected chi connectivity index (χ4v) is 5.67. The highest BCUT2D eigenvalue weighted by Crippen LogP contribution is 2.27. The van der Waals surface area contributed by atoms with Gasteiger partial charge in [-0.25, -0.2) is 4.21 Å². The predicted molar refractivity (Wildman–Crippen MR) is 173 cm³/mol. The third kappa shape index (κ3) is 7.67. The van der Waals surface area contributed by atoms with Crippen molar-refractivity contribution in [3.63, 3.8) is 0 Å². The number of halogens is 1. The Hall–Kier alpha value is -4.60. The number of aromatic nitrogens is 1. The average Bonchev–Trinajstić information content (AvgIpc) is 3.40. The first-order valence-electron chi connectivity index (χ1n) is 14.1. The number of aromatic amines is 1. The molecule has 0 spiro atoms. The van der Waals surface area contributed by atoms with Gasteiger partial charge in [0.05, 0.1) is 18.0 Å². The Kier molecular flexibility index (Phi) is 9.99. The van der Waals surface area contributed by atoms with E-state index in [0.29, 0.717) is 41.5 Å². The Balaban J connectivity index is 1.16. The Morgan fingerprint density at radius 3 is 2.25 bits per heavy atom. The van der Waals surface area contributed by atoms with E-state index >= 15 is 0 Å². The second-order valence-corrected chi connectivity index (χ2v) is 11.8. The number of benzene rings is 4. The normalized spacial score (nSPS) is 11.6. The fraction of sp³-hybridized carbons (Fsp3) is 0.176. The van der Waals surface area contributed by atoms with Crippen molar-refractivity contribution in [1.29, 1.82) is 0 Å². The molecule has 5 aromatic rings. The number of carbonyl (C=O) groups is 2. The van der Waals surface area contributed by atoms with Crippen LogP contribution in [0.3, 0.4) is 0 Å². The van der Waals surface area contributed by atoms with Crippen LogP contribution in [-0.4, -0.2) is 34.2 Å². The number of H-pyrrole nitrogens is 1. The van der Waals surface area contributed by atoms with Crippen molar-refractivity contribution < 1.29 is 23.3 Å². The first-order chi connectivity index (χ1) is 21.3. The average molecular weight is 630 g/mol. The zero-order chi connectivity index (χ0) is 31.1. The number of carbonyl (C=O) groups excluding carboxylic acids is 2. The number of rotatable bonds is 12. The molecule has 0 fully saturated rings. The molecular formula is C34H32ClN3O5S. The van der Waals surface area contributed by atoms with Crippen molar-refractivity contribution in [2.75, 3.05) is 13.2 Å². The number of hydrogen-bond acceptors (Lipinski definition) is 5. The number of amides is 2. The zero-order valence-corrected chi connectivity index (χ0v) is 25.9. The summed E-state index contributed by atoms with van der Waals surface area (Å²) in [5.41, 5.74) is 3.95. The first-order valence-corrected chi connectivity index (χ1v) is 15.6. The number of hydrogen-bond donors (Lipinski definition) is 3. The van der Waals surface area contributed by atoms with Crippen molar-refractivity contribution in [3.8, 4) is 17.2 Å². The molecule has 0 saturated carbocycles. The maximum atomic E-state index is 13.2. The monoisotopic (exact) mass is 629 g/mol. The van der Waals surface area contributed by atoms with Crippen LogP contribution in [-0.2, 0) is 22.2 Å². The Morgan fingerprint density at radius 2 is 1.52 bits per heavy atom. The summed E-state index contributed by atoms with van der Waals surface area (Å²) >= 11 is 6.27. The summed E-state index contributed by atoms with van der Waals surface area (Å²) in [6.07, 6.45) is 1.25. The smallest absolute Gasteiger partial charge is 0.268 e. The standard InChI is InChI=1S/C34H32ClN3O5S/c1-22-19-26(20-23(2)32(22)35)42-18-8-12-29-28-11-6-7-13-30(28)37-33(29)34(40)36-21-31(39)38-44(41)27-16-14-25(15-17-27)43-24-9-4-3-5-10-24/h3-7,9-11,13-17,19-20,37H,8,12,18,21H2,1-2H3,(H,36,40)(H,38,39). The highest BCUT2D eigenvalue weighted by Gasteiger charge is 2.19. The number of para-hydroxylation sites is 2. The molecule has 1 heterocycles. The maximum absolute atomic E-state index is 13.2. The molecule has 1 aromatic heterocycles. The molecule has 2 amide bonds. The van der Waals surface area contributed by atoms with E-state index in [-0.39, 0.29) is 6.54 Å². The molecule has 0 bridgehead atoms. The van der Waals surface area contributed by atoms with E-state index in [1.165, 1.54) is 0 Å². The summed E-state index contributed by atoms with van der Waals surface area (Å²) in [6, 6.07) is 27.4.